The number of likely N-dealkylation sites (tertiary alicyclic amines) is 1. The quantitative estimate of drug-likeness (QED) is 0.884. The van der Waals surface area contributed by atoms with Crippen molar-refractivity contribution in [2.75, 3.05) is 19.7 Å². The van der Waals surface area contributed by atoms with Gasteiger partial charge in [0, 0.05) is 32.2 Å². The van der Waals surface area contributed by atoms with Crippen LogP contribution in [0.5, 0.6) is 5.75 Å². The molecule has 0 radical (unpaired) electrons. The van der Waals surface area contributed by atoms with Crippen LogP contribution in [0.3, 0.4) is 0 Å². The van der Waals surface area contributed by atoms with Gasteiger partial charge in [0.05, 0.1) is 0 Å². The van der Waals surface area contributed by atoms with Crippen LogP contribution in [0, 0.1) is 5.92 Å². The molecule has 1 fully saturated rings. The predicted molar refractivity (Wildman–Crippen MR) is 83.1 cm³/mol. The summed E-state index contributed by atoms with van der Waals surface area (Å²) in [5.74, 6) is 1.37. The number of ether oxygens (including phenoxy) is 1. The predicted octanol–water partition coefficient (Wildman–Crippen LogP) is 2.69. The minimum absolute atomic E-state index is 0.308. The first-order chi connectivity index (χ1) is 10.3. The van der Waals surface area contributed by atoms with Gasteiger partial charge < -0.3 is 9.84 Å². The molecule has 0 saturated carbocycles. The number of benzene rings is 2. The molecule has 1 heterocycles. The van der Waals surface area contributed by atoms with Crippen LogP contribution < -0.4 is 4.74 Å². The third-order valence-electron chi connectivity index (χ3n) is 3.87. The van der Waals surface area contributed by atoms with Crippen molar-refractivity contribution < 1.29 is 9.84 Å². The first-order valence-electron chi connectivity index (χ1n) is 7.42. The molecule has 0 unspecified atom stereocenters. The van der Waals surface area contributed by atoms with Crippen LogP contribution in [0.2, 0.25) is 0 Å². The Morgan fingerprint density at radius 2 is 1.67 bits per heavy atom. The summed E-state index contributed by atoms with van der Waals surface area (Å²) in [6.07, 6.45) is 0. The molecule has 0 atom stereocenters. The first kappa shape index (κ1) is 14.1. The highest BCUT2D eigenvalue weighted by Gasteiger charge is 2.25. The molecule has 0 amide bonds. The van der Waals surface area contributed by atoms with Crippen LogP contribution in [-0.4, -0.2) is 29.7 Å². The Labute approximate surface area is 125 Å². The van der Waals surface area contributed by atoms with Crippen molar-refractivity contribution in [3.8, 4) is 5.75 Å². The maximum Gasteiger partial charge on any atom is 0.119 e. The van der Waals surface area contributed by atoms with Crippen LogP contribution in [0.4, 0.5) is 0 Å². The molecule has 0 aromatic heterocycles. The lowest BCUT2D eigenvalue weighted by molar-refractivity contribution is 0.0479. The van der Waals surface area contributed by atoms with Gasteiger partial charge in [0.25, 0.3) is 0 Å². The van der Waals surface area contributed by atoms with Crippen LogP contribution >= 0.6 is 0 Å². The highest BCUT2D eigenvalue weighted by atomic mass is 16.5. The summed E-state index contributed by atoms with van der Waals surface area (Å²) in [6, 6.07) is 18.5. The van der Waals surface area contributed by atoms with E-state index in [0.29, 0.717) is 19.1 Å². The lowest BCUT2D eigenvalue weighted by atomic mass is 10.0. The van der Waals surface area contributed by atoms with E-state index in [1.54, 1.807) is 0 Å². The zero-order valence-corrected chi connectivity index (χ0v) is 12.1. The highest BCUT2D eigenvalue weighted by molar-refractivity contribution is 5.28. The van der Waals surface area contributed by atoms with Crippen LogP contribution in [0.15, 0.2) is 54.6 Å². The van der Waals surface area contributed by atoms with E-state index in [1.807, 2.05) is 30.3 Å². The van der Waals surface area contributed by atoms with Gasteiger partial charge in [-0.2, -0.15) is 0 Å². The molecule has 1 saturated heterocycles. The third-order valence-corrected chi connectivity index (χ3v) is 3.87. The minimum atomic E-state index is 0.308. The standard InChI is InChI=1S/C18H21NO2/c20-13-17-11-19(12-17)10-15-6-8-18(9-7-15)21-14-16-4-2-1-3-5-16/h1-9,17,20H,10-14H2. The van der Waals surface area contributed by atoms with Gasteiger partial charge in [-0.25, -0.2) is 0 Å². The average molecular weight is 283 g/mol. The second-order valence-corrected chi connectivity index (χ2v) is 5.66. The molecular formula is C18H21NO2. The lowest BCUT2D eigenvalue weighted by Crippen LogP contribution is -2.47. The topological polar surface area (TPSA) is 32.7 Å². The van der Waals surface area contributed by atoms with Crippen LogP contribution in [0.25, 0.3) is 0 Å². The Morgan fingerprint density at radius 1 is 0.952 bits per heavy atom. The average Bonchev–Trinajstić information content (AvgIpc) is 2.50. The molecule has 3 nitrogen and oxygen atoms in total. The number of hydrogen-bond donors (Lipinski definition) is 1. The molecule has 1 N–H and O–H groups in total. The molecule has 0 aliphatic carbocycles. The van der Waals surface area contributed by atoms with E-state index in [0.717, 1.165) is 25.4 Å². The fourth-order valence-corrected chi connectivity index (χ4v) is 2.61. The van der Waals surface area contributed by atoms with Crippen molar-refractivity contribution in [2.24, 2.45) is 5.92 Å². The van der Waals surface area contributed by atoms with E-state index in [-0.39, 0.29) is 0 Å². The second-order valence-electron chi connectivity index (χ2n) is 5.66. The Morgan fingerprint density at radius 3 is 2.33 bits per heavy atom. The van der Waals surface area contributed by atoms with Gasteiger partial charge in [-0.1, -0.05) is 42.5 Å². The number of rotatable bonds is 6. The van der Waals surface area contributed by atoms with E-state index in [2.05, 4.69) is 29.2 Å². The molecule has 1 aliphatic heterocycles. The molecule has 0 bridgehead atoms. The molecule has 21 heavy (non-hydrogen) atoms. The van der Waals surface area contributed by atoms with Gasteiger partial charge in [0.15, 0.2) is 0 Å². The summed E-state index contributed by atoms with van der Waals surface area (Å²) in [5, 5.41) is 9.02. The van der Waals surface area contributed by atoms with Crippen molar-refractivity contribution in [1.82, 2.24) is 4.90 Å². The number of aliphatic hydroxyl groups is 1. The Balaban J connectivity index is 1.48. The monoisotopic (exact) mass is 283 g/mol. The van der Waals surface area contributed by atoms with Gasteiger partial charge >= 0.3 is 0 Å². The SMILES string of the molecule is OCC1CN(Cc2ccc(OCc3ccccc3)cc2)C1. The van der Waals surface area contributed by atoms with Crippen molar-refractivity contribution in [2.45, 2.75) is 13.2 Å². The summed E-state index contributed by atoms with van der Waals surface area (Å²) < 4.78 is 5.78. The summed E-state index contributed by atoms with van der Waals surface area (Å²) in [4.78, 5) is 2.35. The molecule has 1 aliphatic rings. The van der Waals surface area contributed by atoms with E-state index in [1.165, 1.54) is 11.1 Å². The summed E-state index contributed by atoms with van der Waals surface area (Å²) >= 11 is 0. The zero-order valence-electron chi connectivity index (χ0n) is 12.1. The maximum absolute atomic E-state index is 9.02. The highest BCUT2D eigenvalue weighted by Crippen LogP contribution is 2.20. The van der Waals surface area contributed by atoms with Crippen molar-refractivity contribution in [1.29, 1.82) is 0 Å². The van der Waals surface area contributed by atoms with E-state index in [4.69, 9.17) is 9.84 Å². The van der Waals surface area contributed by atoms with E-state index >= 15 is 0 Å². The summed E-state index contributed by atoms with van der Waals surface area (Å²) in [7, 11) is 0. The van der Waals surface area contributed by atoms with Gasteiger partial charge in [-0.05, 0) is 23.3 Å². The number of aliphatic hydroxyl groups excluding tert-OH is 1. The Bertz CT molecular complexity index is 547. The van der Waals surface area contributed by atoms with Crippen LogP contribution in [-0.2, 0) is 13.2 Å². The minimum Gasteiger partial charge on any atom is -0.489 e. The summed E-state index contributed by atoms with van der Waals surface area (Å²) in [5.41, 5.74) is 2.47. The van der Waals surface area contributed by atoms with Gasteiger partial charge in [-0.3, -0.25) is 4.90 Å². The molecular weight excluding hydrogens is 262 g/mol. The molecule has 110 valence electrons. The smallest absolute Gasteiger partial charge is 0.119 e. The summed E-state index contributed by atoms with van der Waals surface area (Å²) in [6.45, 7) is 3.87. The van der Waals surface area contributed by atoms with Crippen LogP contribution in [0.1, 0.15) is 11.1 Å². The molecule has 2 aromatic rings. The van der Waals surface area contributed by atoms with Crippen molar-refractivity contribution >= 4 is 0 Å². The second kappa shape index (κ2) is 6.74. The molecule has 2 aromatic carbocycles. The lowest BCUT2D eigenvalue weighted by Gasteiger charge is -2.38. The number of hydrogen-bond acceptors (Lipinski definition) is 3. The Kier molecular flexibility index (Phi) is 4.53. The Hall–Kier alpha value is -1.84. The zero-order chi connectivity index (χ0) is 14.5. The number of nitrogens with zero attached hydrogens (tertiary/aromatic N) is 1. The van der Waals surface area contributed by atoms with E-state index < -0.39 is 0 Å². The van der Waals surface area contributed by atoms with Crippen molar-refractivity contribution in [3.63, 3.8) is 0 Å². The molecule has 3 rings (SSSR count). The normalized spacial score (nSPS) is 15.7. The third kappa shape index (κ3) is 3.84. The first-order valence-corrected chi connectivity index (χ1v) is 7.42. The fourth-order valence-electron chi connectivity index (χ4n) is 2.61. The molecule has 3 heteroatoms. The van der Waals surface area contributed by atoms with Gasteiger partial charge in [0.1, 0.15) is 12.4 Å². The fraction of sp³-hybridized carbons (Fsp3) is 0.333. The largest absolute Gasteiger partial charge is 0.489 e. The molecule has 0 spiro atoms. The van der Waals surface area contributed by atoms with Gasteiger partial charge in [-0.15, -0.1) is 0 Å². The maximum atomic E-state index is 9.02. The van der Waals surface area contributed by atoms with E-state index in [9.17, 15) is 0 Å². The van der Waals surface area contributed by atoms with Gasteiger partial charge in [0.2, 0.25) is 0 Å². The van der Waals surface area contributed by atoms with Crippen molar-refractivity contribution in [3.05, 3.63) is 65.7 Å².